The van der Waals surface area contributed by atoms with Crippen LogP contribution in [0.25, 0.3) is 6.08 Å². The summed E-state index contributed by atoms with van der Waals surface area (Å²) < 4.78 is 6.56. The van der Waals surface area contributed by atoms with E-state index in [-0.39, 0.29) is 27.7 Å². The lowest BCUT2D eigenvalue weighted by atomic mass is 10.1. The van der Waals surface area contributed by atoms with Gasteiger partial charge in [0.25, 0.3) is 17.5 Å². The Morgan fingerprint density at radius 1 is 1.00 bits per heavy atom. The Bertz CT molecular complexity index is 1190. The highest BCUT2D eigenvalue weighted by atomic mass is 79.9. The van der Waals surface area contributed by atoms with Gasteiger partial charge in [-0.25, -0.2) is 0 Å². The molecule has 1 heterocycles. The first-order chi connectivity index (χ1) is 14.6. The molecule has 0 atom stereocenters. The molecule has 2 amide bonds. The fraction of sp³-hybridized carbons (Fsp3) is 0. The van der Waals surface area contributed by atoms with Crippen LogP contribution in [0.3, 0.4) is 0 Å². The largest absolute Gasteiger partial charge is 0.448 e. The van der Waals surface area contributed by atoms with E-state index in [1.807, 2.05) is 0 Å². The number of nitrogens with zero attached hydrogens (tertiary/aromatic N) is 2. The Labute approximate surface area is 195 Å². The summed E-state index contributed by atoms with van der Waals surface area (Å²) in [4.78, 5) is 45.1. The lowest BCUT2D eigenvalue weighted by molar-refractivity contribution is -0.394. The Hall–Kier alpha value is -3.23. The van der Waals surface area contributed by atoms with E-state index in [0.29, 0.717) is 8.95 Å². The summed E-state index contributed by atoms with van der Waals surface area (Å²) in [6, 6.07) is 5.99. The summed E-state index contributed by atoms with van der Waals surface area (Å²) in [7, 11) is 0. The summed E-state index contributed by atoms with van der Waals surface area (Å²) in [5.74, 6) is -1.73. The van der Waals surface area contributed by atoms with Gasteiger partial charge in [-0.15, -0.1) is 0 Å². The highest BCUT2D eigenvalue weighted by Crippen LogP contribution is 2.41. The lowest BCUT2D eigenvalue weighted by Crippen LogP contribution is -2.51. The van der Waals surface area contributed by atoms with Gasteiger partial charge in [-0.1, -0.05) is 15.9 Å². The van der Waals surface area contributed by atoms with Crippen LogP contribution in [-0.4, -0.2) is 26.8 Å². The molecule has 1 saturated heterocycles. The Morgan fingerprint density at radius 2 is 1.65 bits per heavy atom. The molecule has 0 radical (unpaired) electrons. The zero-order chi connectivity index (χ0) is 22.9. The number of thiocarbonyl (C=S) groups is 1. The predicted octanol–water partition coefficient (Wildman–Crippen LogP) is 3.73. The molecule has 1 aliphatic heterocycles. The average Bonchev–Trinajstić information content (AvgIpc) is 2.66. The summed E-state index contributed by atoms with van der Waals surface area (Å²) in [5, 5.41) is 26.8. The minimum absolute atomic E-state index is 0.0291. The molecule has 0 aromatic heterocycles. The van der Waals surface area contributed by atoms with Gasteiger partial charge in [-0.05, 0) is 52.4 Å². The third kappa shape index (κ3) is 4.92. The molecule has 3 rings (SSSR count). The number of nitro groups is 2. The number of benzene rings is 2. The molecule has 11 nitrogen and oxygen atoms in total. The number of amides is 2. The minimum Gasteiger partial charge on any atom is -0.448 e. The van der Waals surface area contributed by atoms with Gasteiger partial charge >= 0.3 is 5.69 Å². The topological polar surface area (TPSA) is 154 Å². The van der Waals surface area contributed by atoms with E-state index in [0.717, 1.165) is 18.2 Å². The number of nitrogens with one attached hydrogen (secondary N) is 2. The maximum atomic E-state index is 12.2. The number of halogens is 2. The molecule has 1 fully saturated rings. The number of nitro benzene ring substituents is 2. The van der Waals surface area contributed by atoms with Crippen LogP contribution in [0.15, 0.2) is 44.9 Å². The Morgan fingerprint density at radius 3 is 2.23 bits per heavy atom. The van der Waals surface area contributed by atoms with Gasteiger partial charge in [-0.2, -0.15) is 0 Å². The molecule has 1 aliphatic rings. The molecule has 2 aromatic carbocycles. The zero-order valence-corrected chi connectivity index (χ0v) is 18.9. The van der Waals surface area contributed by atoms with Crippen LogP contribution in [0.5, 0.6) is 11.5 Å². The van der Waals surface area contributed by atoms with E-state index >= 15 is 0 Å². The van der Waals surface area contributed by atoms with E-state index in [9.17, 15) is 29.8 Å². The molecule has 0 unspecified atom stereocenters. The van der Waals surface area contributed by atoms with Gasteiger partial charge in [0.05, 0.1) is 20.4 Å². The minimum atomic E-state index is -0.823. The number of carbonyl (C=O) groups is 2. The first kappa shape index (κ1) is 22.5. The molecule has 0 saturated carbocycles. The van der Waals surface area contributed by atoms with Crippen molar-refractivity contribution in [3.63, 3.8) is 0 Å². The van der Waals surface area contributed by atoms with Crippen molar-refractivity contribution in [1.29, 1.82) is 0 Å². The van der Waals surface area contributed by atoms with E-state index in [4.69, 9.17) is 17.0 Å². The van der Waals surface area contributed by atoms with Gasteiger partial charge in [0, 0.05) is 16.1 Å². The van der Waals surface area contributed by atoms with E-state index in [2.05, 4.69) is 42.5 Å². The highest BCUT2D eigenvalue weighted by Gasteiger charge is 2.27. The molecule has 158 valence electrons. The van der Waals surface area contributed by atoms with Crippen molar-refractivity contribution in [1.82, 2.24) is 10.6 Å². The number of ether oxygens (including phenoxy) is 1. The maximum Gasteiger partial charge on any atom is 0.318 e. The summed E-state index contributed by atoms with van der Waals surface area (Å²) in [5.41, 5.74) is -1.19. The molecule has 2 N–H and O–H groups in total. The SMILES string of the molecule is O=C1NC(=S)NC(=O)C1=Cc1cc(Br)cc(Br)c1Oc1ccc([N+](=O)[O-])cc1[N+](=O)[O-]. The van der Waals surface area contributed by atoms with Crippen LogP contribution < -0.4 is 15.4 Å². The average molecular weight is 572 g/mol. The first-order valence-electron chi connectivity index (χ1n) is 8.05. The normalized spacial score (nSPS) is 13.4. The van der Waals surface area contributed by atoms with Crippen molar-refractivity contribution >= 4 is 78.5 Å². The van der Waals surface area contributed by atoms with Gasteiger partial charge in [0.1, 0.15) is 11.3 Å². The van der Waals surface area contributed by atoms with Crippen molar-refractivity contribution in [3.8, 4) is 11.5 Å². The first-order valence-corrected chi connectivity index (χ1v) is 10.0. The maximum absolute atomic E-state index is 12.2. The van der Waals surface area contributed by atoms with E-state index in [1.165, 1.54) is 12.1 Å². The summed E-state index contributed by atoms with van der Waals surface area (Å²) in [6.07, 6.45) is 1.22. The van der Waals surface area contributed by atoms with E-state index in [1.54, 1.807) is 6.07 Å². The summed E-state index contributed by atoms with van der Waals surface area (Å²) >= 11 is 11.3. The number of rotatable bonds is 5. The van der Waals surface area contributed by atoms with Gasteiger partial charge in [-0.3, -0.25) is 40.5 Å². The molecule has 31 heavy (non-hydrogen) atoms. The lowest BCUT2D eigenvalue weighted by Gasteiger charge is -2.17. The van der Waals surface area contributed by atoms with Gasteiger partial charge in [0.15, 0.2) is 5.11 Å². The number of hydrogen-bond donors (Lipinski definition) is 2. The Kier molecular flexibility index (Phi) is 6.42. The van der Waals surface area contributed by atoms with Crippen LogP contribution in [0.1, 0.15) is 5.56 Å². The second kappa shape index (κ2) is 8.87. The van der Waals surface area contributed by atoms with Crippen LogP contribution in [0.4, 0.5) is 11.4 Å². The third-order valence-corrected chi connectivity index (χ3v) is 5.09. The molecule has 0 aliphatic carbocycles. The van der Waals surface area contributed by atoms with Crippen molar-refractivity contribution in [2.45, 2.75) is 0 Å². The second-order valence-corrected chi connectivity index (χ2v) is 8.05. The van der Waals surface area contributed by atoms with Crippen LogP contribution in [0.2, 0.25) is 0 Å². The quantitative estimate of drug-likeness (QED) is 0.181. The molecule has 0 spiro atoms. The summed E-state index contributed by atoms with van der Waals surface area (Å²) in [6.45, 7) is 0. The fourth-order valence-electron chi connectivity index (χ4n) is 2.52. The van der Waals surface area contributed by atoms with Crippen molar-refractivity contribution in [3.05, 3.63) is 70.6 Å². The standard InChI is InChI=1S/C17H8Br2N4O7S/c18-8-3-7(4-10-15(24)20-17(31)21-16(10)25)14(11(19)5-8)30-13-2-1-9(22(26)27)6-12(13)23(28)29/h1-6H,(H2,20,21,24,25,31). The zero-order valence-electron chi connectivity index (χ0n) is 14.9. The van der Waals surface area contributed by atoms with Gasteiger partial charge in [0.2, 0.25) is 5.75 Å². The number of non-ortho nitro benzene ring substituents is 1. The number of hydrogen-bond acceptors (Lipinski definition) is 8. The third-order valence-electron chi connectivity index (χ3n) is 3.84. The highest BCUT2D eigenvalue weighted by molar-refractivity contribution is 9.11. The fourth-order valence-corrected chi connectivity index (χ4v) is 4.04. The van der Waals surface area contributed by atoms with Gasteiger partial charge < -0.3 is 4.74 Å². The van der Waals surface area contributed by atoms with Crippen LogP contribution in [0, 0.1) is 20.2 Å². The van der Waals surface area contributed by atoms with Crippen molar-refractivity contribution in [2.75, 3.05) is 0 Å². The molecule has 0 bridgehead atoms. The second-order valence-electron chi connectivity index (χ2n) is 5.87. The number of carbonyl (C=O) groups excluding carboxylic acids is 2. The van der Waals surface area contributed by atoms with E-state index < -0.39 is 33.0 Å². The molecule has 14 heteroatoms. The predicted molar refractivity (Wildman–Crippen MR) is 119 cm³/mol. The molecular weight excluding hydrogens is 564 g/mol. The Balaban J connectivity index is 2.12. The van der Waals surface area contributed by atoms with Crippen LogP contribution in [-0.2, 0) is 9.59 Å². The molecular formula is C17H8Br2N4O7S. The molecule has 2 aromatic rings. The smallest absolute Gasteiger partial charge is 0.318 e. The van der Waals surface area contributed by atoms with Crippen LogP contribution >= 0.6 is 44.1 Å². The monoisotopic (exact) mass is 570 g/mol. The van der Waals surface area contributed by atoms with Crippen molar-refractivity contribution in [2.24, 2.45) is 0 Å². The van der Waals surface area contributed by atoms with Crippen molar-refractivity contribution < 1.29 is 24.2 Å².